The molecule has 25 heavy (non-hydrogen) atoms. The summed E-state index contributed by atoms with van der Waals surface area (Å²) in [6.07, 6.45) is 6.65. The van der Waals surface area contributed by atoms with Gasteiger partial charge in [-0.1, -0.05) is 100.0 Å². The van der Waals surface area contributed by atoms with Gasteiger partial charge in [0, 0.05) is 10.9 Å². The third-order valence-electron chi connectivity index (χ3n) is 6.22. The molecule has 0 unspecified atom stereocenters. The van der Waals surface area contributed by atoms with Gasteiger partial charge in [0.15, 0.2) is 12.5 Å². The smallest absolute Gasteiger partial charge is 0.187 e. The van der Waals surface area contributed by atoms with Gasteiger partial charge in [-0.15, -0.1) is 0 Å². The predicted octanol–water partition coefficient (Wildman–Crippen LogP) is 5.73. The average Bonchev–Trinajstić information content (AvgIpc) is 2.68. The molecule has 2 aromatic rings. The quantitative estimate of drug-likeness (QED) is 0.505. The fraction of sp³-hybridized carbons (Fsp3) is 0.435. The first-order valence-corrected chi connectivity index (χ1v) is 9.70. The van der Waals surface area contributed by atoms with Crippen molar-refractivity contribution in [2.45, 2.75) is 64.0 Å². The molecule has 1 nitrogen and oxygen atoms in total. The van der Waals surface area contributed by atoms with E-state index in [2.05, 4.69) is 44.9 Å². The Kier molecular flexibility index (Phi) is 5.46. The monoisotopic (exact) mass is 332 g/mol. The van der Waals surface area contributed by atoms with Gasteiger partial charge in [-0.3, -0.25) is 4.79 Å². The van der Waals surface area contributed by atoms with Crippen molar-refractivity contribution in [1.29, 1.82) is 0 Å². The Balaban J connectivity index is 1.77. The topological polar surface area (TPSA) is 17.1 Å². The Morgan fingerprint density at radius 3 is 2.12 bits per heavy atom. The molecule has 1 saturated carbocycles. The minimum atomic E-state index is -0.423. The minimum absolute atomic E-state index is 0.180. The van der Waals surface area contributed by atoms with Crippen LogP contribution >= 0.6 is 0 Å². The van der Waals surface area contributed by atoms with Gasteiger partial charge in [-0.05, 0) is 24.3 Å². The fourth-order valence-electron chi connectivity index (χ4n) is 4.07. The third-order valence-corrected chi connectivity index (χ3v) is 6.22. The summed E-state index contributed by atoms with van der Waals surface area (Å²) < 4.78 is 0. The first-order valence-electron chi connectivity index (χ1n) is 9.70. The van der Waals surface area contributed by atoms with Gasteiger partial charge in [0.1, 0.15) is 0 Å². The van der Waals surface area contributed by atoms with Gasteiger partial charge in [-0.2, -0.15) is 0 Å². The van der Waals surface area contributed by atoms with Gasteiger partial charge >= 0.3 is 0 Å². The van der Waals surface area contributed by atoms with Crippen LogP contribution in [0.2, 0.25) is 12.1 Å². The summed E-state index contributed by atoms with van der Waals surface area (Å²) in [6, 6.07) is 18.8. The maximum absolute atomic E-state index is 13.2. The highest BCUT2D eigenvalue weighted by atomic mass is 16.1. The fourth-order valence-corrected chi connectivity index (χ4v) is 4.07. The van der Waals surface area contributed by atoms with Crippen molar-refractivity contribution in [2.24, 2.45) is 0 Å². The highest BCUT2D eigenvalue weighted by Crippen LogP contribution is 2.35. The molecule has 130 valence electrons. The van der Waals surface area contributed by atoms with Crippen LogP contribution in [-0.2, 0) is 0 Å². The lowest BCUT2D eigenvalue weighted by Gasteiger charge is -2.29. The number of hydrogen-bond acceptors (Lipinski definition) is 1. The van der Waals surface area contributed by atoms with Crippen molar-refractivity contribution in [3.8, 4) is 0 Å². The Morgan fingerprint density at radius 2 is 1.52 bits per heavy atom. The van der Waals surface area contributed by atoms with Crippen molar-refractivity contribution in [2.75, 3.05) is 0 Å². The normalized spacial score (nSPS) is 15.8. The average molecular weight is 332 g/mol. The largest absolute Gasteiger partial charge is 0.294 e. The van der Waals surface area contributed by atoms with Crippen LogP contribution in [0.1, 0.15) is 67.8 Å². The summed E-state index contributed by atoms with van der Waals surface area (Å²) in [5.74, 6) is 0.924. The van der Waals surface area contributed by atoms with Crippen molar-refractivity contribution in [3.63, 3.8) is 0 Å². The zero-order valence-corrected chi connectivity index (χ0v) is 15.8. The van der Waals surface area contributed by atoms with E-state index in [1.807, 2.05) is 30.3 Å². The molecule has 0 aliphatic heterocycles. The predicted molar refractivity (Wildman–Crippen MR) is 108 cm³/mol. The zero-order chi connectivity index (χ0) is 17.9. The number of carbonyl (C=O) groups is 1. The van der Waals surface area contributed by atoms with E-state index in [1.54, 1.807) is 0 Å². The molecule has 0 N–H and O–H groups in total. The molecule has 1 fully saturated rings. The molecule has 2 heteroatoms. The first-order chi connectivity index (χ1) is 12.0. The van der Waals surface area contributed by atoms with Gasteiger partial charge in [0.2, 0.25) is 0 Å². The lowest BCUT2D eigenvalue weighted by molar-refractivity contribution is 0.0947. The van der Waals surface area contributed by atoms with E-state index in [-0.39, 0.29) is 12.5 Å². The van der Waals surface area contributed by atoms with Crippen LogP contribution in [-0.4, -0.2) is 12.5 Å². The molecular formula is C23H29BO. The third kappa shape index (κ3) is 3.89. The molecule has 0 atom stereocenters. The molecule has 3 rings (SSSR count). The molecular weight excluding hydrogens is 303 g/mol. The molecule has 0 heterocycles. The maximum atomic E-state index is 13.2. The van der Waals surface area contributed by atoms with Crippen molar-refractivity contribution in [1.82, 2.24) is 0 Å². The summed E-state index contributed by atoms with van der Waals surface area (Å²) >= 11 is 0. The number of rotatable bonds is 5. The number of carbonyl (C=O) groups excluding carboxylic acids is 1. The molecule has 1 aliphatic carbocycles. The standard InChI is InChI=1S/C23H29BO/c1-23(2,24(3)21-12-8-5-9-13-21)22(25)20-16-14-19(15-17-20)18-10-6-4-7-11-18/h5,8-9,12-18H,4,6-7,10-11H2,1-3H3. The summed E-state index contributed by atoms with van der Waals surface area (Å²) in [7, 11) is 0. The Hall–Kier alpha value is -1.83. The lowest BCUT2D eigenvalue weighted by atomic mass is 9.31. The van der Waals surface area contributed by atoms with E-state index in [0.717, 1.165) is 5.56 Å². The summed E-state index contributed by atoms with van der Waals surface area (Å²) in [5, 5.41) is -0.423. The molecule has 0 aromatic heterocycles. The summed E-state index contributed by atoms with van der Waals surface area (Å²) in [4.78, 5) is 13.2. The van der Waals surface area contributed by atoms with Gasteiger partial charge in [0.25, 0.3) is 0 Å². The van der Waals surface area contributed by atoms with Crippen LogP contribution in [0, 0.1) is 0 Å². The highest BCUT2D eigenvalue weighted by Gasteiger charge is 2.37. The van der Waals surface area contributed by atoms with Gasteiger partial charge in [0.05, 0.1) is 0 Å². The van der Waals surface area contributed by atoms with Crippen LogP contribution in [0.15, 0.2) is 54.6 Å². The Labute approximate surface area is 152 Å². The SMILES string of the molecule is CB(c1ccccc1)C(C)(C)C(=O)c1ccc(C2CCCCC2)cc1. The minimum Gasteiger partial charge on any atom is -0.294 e. The first kappa shape index (κ1) is 18.0. The van der Waals surface area contributed by atoms with Gasteiger partial charge in [-0.25, -0.2) is 0 Å². The number of Topliss-reactive ketones (excluding diaryl/α,β-unsaturated/α-hetero) is 1. The molecule has 0 saturated heterocycles. The van der Waals surface area contributed by atoms with Crippen LogP contribution in [0.25, 0.3) is 0 Å². The van der Waals surface area contributed by atoms with Crippen LogP contribution in [0.3, 0.4) is 0 Å². The highest BCUT2D eigenvalue weighted by molar-refractivity contribution is 6.78. The second-order valence-corrected chi connectivity index (χ2v) is 8.14. The number of benzene rings is 2. The molecule has 1 aliphatic rings. The molecule has 0 amide bonds. The maximum Gasteiger partial charge on any atom is 0.187 e. The van der Waals surface area contributed by atoms with E-state index >= 15 is 0 Å². The van der Waals surface area contributed by atoms with E-state index in [4.69, 9.17) is 0 Å². The van der Waals surface area contributed by atoms with E-state index in [0.29, 0.717) is 5.92 Å². The van der Waals surface area contributed by atoms with Crippen molar-refractivity contribution >= 4 is 18.0 Å². The molecule has 2 aromatic carbocycles. The van der Waals surface area contributed by atoms with Crippen molar-refractivity contribution in [3.05, 3.63) is 65.7 Å². The van der Waals surface area contributed by atoms with E-state index < -0.39 is 5.31 Å². The van der Waals surface area contributed by atoms with Crippen LogP contribution in [0.4, 0.5) is 0 Å². The molecule has 0 spiro atoms. The van der Waals surface area contributed by atoms with Gasteiger partial charge < -0.3 is 0 Å². The Bertz CT molecular complexity index is 697. The van der Waals surface area contributed by atoms with E-state index in [1.165, 1.54) is 43.1 Å². The molecule has 0 radical (unpaired) electrons. The second kappa shape index (κ2) is 7.60. The number of ketones is 1. The Morgan fingerprint density at radius 1 is 0.920 bits per heavy atom. The second-order valence-electron chi connectivity index (χ2n) is 8.14. The zero-order valence-electron chi connectivity index (χ0n) is 15.8. The van der Waals surface area contributed by atoms with Crippen LogP contribution < -0.4 is 5.46 Å². The molecule has 0 bridgehead atoms. The summed E-state index contributed by atoms with van der Waals surface area (Å²) in [6.45, 7) is 6.48. The summed E-state index contributed by atoms with van der Waals surface area (Å²) in [5.41, 5.74) is 3.47. The van der Waals surface area contributed by atoms with E-state index in [9.17, 15) is 4.79 Å². The lowest BCUT2D eigenvalue weighted by Crippen LogP contribution is -2.41. The van der Waals surface area contributed by atoms with Crippen LogP contribution in [0.5, 0.6) is 0 Å². The van der Waals surface area contributed by atoms with Crippen molar-refractivity contribution < 1.29 is 4.79 Å². The number of hydrogen-bond donors (Lipinski definition) is 0.